The van der Waals surface area contributed by atoms with Gasteiger partial charge in [0, 0.05) is 47.7 Å². The lowest BCUT2D eigenvalue weighted by atomic mass is 9.94. The third-order valence-electron chi connectivity index (χ3n) is 6.27. The Bertz CT molecular complexity index is 1190. The SMILES string of the molecule is COC(=O)c1c(F)c(-c2ccc(NCC3CC3)nc2)cc(F)c1-c1ccc(NCC2CC2)nc1. The van der Waals surface area contributed by atoms with Crippen LogP contribution in [-0.4, -0.2) is 36.1 Å². The maximum absolute atomic E-state index is 15.6. The zero-order chi connectivity index (χ0) is 23.7. The molecule has 0 aliphatic heterocycles. The fourth-order valence-corrected chi connectivity index (χ4v) is 3.86. The minimum absolute atomic E-state index is 0.0569. The second kappa shape index (κ2) is 9.37. The van der Waals surface area contributed by atoms with Crippen molar-refractivity contribution in [1.29, 1.82) is 0 Å². The van der Waals surface area contributed by atoms with Gasteiger partial charge in [-0.25, -0.2) is 23.5 Å². The van der Waals surface area contributed by atoms with E-state index in [1.54, 1.807) is 24.3 Å². The predicted molar refractivity (Wildman–Crippen MR) is 127 cm³/mol. The highest BCUT2D eigenvalue weighted by Crippen LogP contribution is 2.36. The van der Waals surface area contributed by atoms with Crippen LogP contribution < -0.4 is 10.6 Å². The first-order valence-corrected chi connectivity index (χ1v) is 11.5. The van der Waals surface area contributed by atoms with Crippen LogP contribution in [0.25, 0.3) is 22.3 Å². The van der Waals surface area contributed by atoms with E-state index in [0.717, 1.165) is 26.3 Å². The number of nitrogens with zero attached hydrogens (tertiary/aromatic N) is 2. The molecule has 8 heteroatoms. The van der Waals surface area contributed by atoms with Gasteiger partial charge in [0.2, 0.25) is 0 Å². The van der Waals surface area contributed by atoms with E-state index in [4.69, 9.17) is 4.74 Å². The van der Waals surface area contributed by atoms with Gasteiger partial charge in [0.1, 0.15) is 28.8 Å². The van der Waals surface area contributed by atoms with Crippen molar-refractivity contribution >= 4 is 17.6 Å². The molecule has 2 fully saturated rings. The minimum atomic E-state index is -0.958. The standard InChI is InChI=1S/C26H26F2N4O2/c1-34-26(33)24-23(18-7-9-22(32-14-18)30-12-16-4-5-16)20(27)10-19(25(24)28)17-6-8-21(31-13-17)29-11-15-2-3-15/h6-10,13-16H,2-5,11-12H2,1H3,(H,29,31)(H,30,32). The molecule has 0 bridgehead atoms. The highest BCUT2D eigenvalue weighted by Gasteiger charge is 2.27. The van der Waals surface area contributed by atoms with Crippen LogP contribution in [0, 0.1) is 23.5 Å². The monoisotopic (exact) mass is 464 g/mol. The molecule has 0 atom stereocenters. The molecular formula is C26H26F2N4O2. The number of aromatic nitrogens is 2. The number of esters is 1. The largest absolute Gasteiger partial charge is 0.465 e. The maximum atomic E-state index is 15.6. The number of nitrogens with one attached hydrogen (secondary N) is 2. The van der Waals surface area contributed by atoms with Crippen molar-refractivity contribution in [3.05, 3.63) is 59.9 Å². The van der Waals surface area contributed by atoms with E-state index in [9.17, 15) is 4.79 Å². The van der Waals surface area contributed by atoms with Gasteiger partial charge in [0.05, 0.1) is 7.11 Å². The molecule has 2 heterocycles. The molecule has 176 valence electrons. The summed E-state index contributed by atoms with van der Waals surface area (Å²) in [5, 5.41) is 6.47. The number of methoxy groups -OCH3 is 1. The molecule has 5 rings (SSSR count). The number of carbonyl (C=O) groups excluding carboxylic acids is 1. The fraction of sp³-hybridized carbons (Fsp3) is 0.346. The lowest BCUT2D eigenvalue weighted by molar-refractivity contribution is 0.0596. The average molecular weight is 465 g/mol. The molecule has 3 aromatic rings. The van der Waals surface area contributed by atoms with Gasteiger partial charge in [-0.3, -0.25) is 0 Å². The minimum Gasteiger partial charge on any atom is -0.465 e. The van der Waals surface area contributed by atoms with Crippen molar-refractivity contribution in [2.24, 2.45) is 11.8 Å². The fourth-order valence-electron chi connectivity index (χ4n) is 3.86. The Hall–Kier alpha value is -3.55. The van der Waals surface area contributed by atoms with Crippen LogP contribution in [0.1, 0.15) is 36.0 Å². The van der Waals surface area contributed by atoms with Crippen LogP contribution in [0.15, 0.2) is 42.7 Å². The maximum Gasteiger partial charge on any atom is 0.341 e. The van der Waals surface area contributed by atoms with Gasteiger partial charge in [-0.2, -0.15) is 0 Å². The van der Waals surface area contributed by atoms with Crippen LogP contribution in [0.3, 0.4) is 0 Å². The Kier molecular flexibility index (Phi) is 6.13. The van der Waals surface area contributed by atoms with Crippen molar-refractivity contribution in [3.8, 4) is 22.3 Å². The van der Waals surface area contributed by atoms with E-state index in [-0.39, 0.29) is 16.7 Å². The Morgan fingerprint density at radius 3 is 1.97 bits per heavy atom. The zero-order valence-corrected chi connectivity index (χ0v) is 18.9. The number of pyridine rings is 2. The third kappa shape index (κ3) is 4.85. The number of hydrogen-bond acceptors (Lipinski definition) is 6. The molecule has 2 N–H and O–H groups in total. The molecule has 0 radical (unpaired) electrons. The normalized spacial score (nSPS) is 15.1. The van der Waals surface area contributed by atoms with E-state index in [1.165, 1.54) is 38.1 Å². The van der Waals surface area contributed by atoms with Crippen molar-refractivity contribution < 1.29 is 18.3 Å². The molecular weight excluding hydrogens is 438 g/mol. The molecule has 34 heavy (non-hydrogen) atoms. The molecule has 0 spiro atoms. The summed E-state index contributed by atoms with van der Waals surface area (Å²) in [6.45, 7) is 1.68. The summed E-state index contributed by atoms with van der Waals surface area (Å²) >= 11 is 0. The summed E-state index contributed by atoms with van der Waals surface area (Å²) in [6, 6.07) is 7.78. The lowest BCUT2D eigenvalue weighted by Gasteiger charge is -2.15. The number of ether oxygens (including phenoxy) is 1. The van der Waals surface area contributed by atoms with Gasteiger partial charge >= 0.3 is 5.97 Å². The topological polar surface area (TPSA) is 76.1 Å². The van der Waals surface area contributed by atoms with Gasteiger partial charge in [-0.15, -0.1) is 0 Å². The van der Waals surface area contributed by atoms with Crippen molar-refractivity contribution in [2.45, 2.75) is 25.7 Å². The van der Waals surface area contributed by atoms with Crippen LogP contribution in [-0.2, 0) is 4.74 Å². The predicted octanol–water partition coefficient (Wildman–Crippen LogP) is 5.52. The van der Waals surface area contributed by atoms with E-state index < -0.39 is 23.2 Å². The zero-order valence-electron chi connectivity index (χ0n) is 18.9. The third-order valence-corrected chi connectivity index (χ3v) is 6.27. The van der Waals surface area contributed by atoms with Crippen LogP contribution in [0.2, 0.25) is 0 Å². The molecule has 6 nitrogen and oxygen atoms in total. The Balaban J connectivity index is 1.46. The summed E-state index contributed by atoms with van der Waals surface area (Å²) in [5.74, 6) is 0.106. The van der Waals surface area contributed by atoms with Crippen molar-refractivity contribution in [1.82, 2.24) is 9.97 Å². The first-order valence-electron chi connectivity index (χ1n) is 11.5. The summed E-state index contributed by atoms with van der Waals surface area (Å²) in [4.78, 5) is 21.2. The van der Waals surface area contributed by atoms with Crippen molar-refractivity contribution in [2.75, 3.05) is 30.8 Å². The molecule has 0 unspecified atom stereocenters. The average Bonchev–Trinajstić information content (AvgIpc) is 3.78. The highest BCUT2D eigenvalue weighted by atomic mass is 19.1. The molecule has 2 saturated carbocycles. The van der Waals surface area contributed by atoms with E-state index in [1.807, 2.05) is 0 Å². The van der Waals surface area contributed by atoms with Gasteiger partial charge in [0.25, 0.3) is 0 Å². The van der Waals surface area contributed by atoms with E-state index >= 15 is 8.78 Å². The summed E-state index contributed by atoms with van der Waals surface area (Å²) in [6.07, 6.45) is 7.75. The first-order chi connectivity index (χ1) is 16.5. The molecule has 2 aliphatic rings. The number of anilines is 2. The number of hydrogen-bond donors (Lipinski definition) is 2. The van der Waals surface area contributed by atoms with Crippen LogP contribution >= 0.6 is 0 Å². The summed E-state index contributed by atoms with van der Waals surface area (Å²) < 4.78 is 35.8. The summed E-state index contributed by atoms with van der Waals surface area (Å²) in [5.41, 5.74) is -0.0431. The number of halogens is 2. The van der Waals surface area contributed by atoms with Crippen LogP contribution in [0.4, 0.5) is 20.4 Å². The second-order valence-corrected chi connectivity index (χ2v) is 8.97. The molecule has 0 saturated heterocycles. The van der Waals surface area contributed by atoms with Crippen molar-refractivity contribution in [3.63, 3.8) is 0 Å². The quantitative estimate of drug-likeness (QED) is 0.406. The number of carbonyl (C=O) groups is 1. The lowest BCUT2D eigenvalue weighted by Crippen LogP contribution is -2.11. The smallest absolute Gasteiger partial charge is 0.341 e. The first kappa shape index (κ1) is 22.3. The Morgan fingerprint density at radius 2 is 1.50 bits per heavy atom. The van der Waals surface area contributed by atoms with Crippen LogP contribution in [0.5, 0.6) is 0 Å². The summed E-state index contributed by atoms with van der Waals surface area (Å²) in [7, 11) is 1.14. The molecule has 2 aliphatic carbocycles. The number of benzene rings is 1. The van der Waals surface area contributed by atoms with Gasteiger partial charge in [0.15, 0.2) is 0 Å². The molecule has 2 aromatic heterocycles. The van der Waals surface area contributed by atoms with Gasteiger partial charge < -0.3 is 15.4 Å². The second-order valence-electron chi connectivity index (χ2n) is 8.97. The Labute approximate surface area is 196 Å². The van der Waals surface area contributed by atoms with Gasteiger partial charge in [-0.1, -0.05) is 0 Å². The van der Waals surface area contributed by atoms with E-state index in [2.05, 4.69) is 20.6 Å². The molecule has 0 amide bonds. The number of rotatable bonds is 9. The van der Waals surface area contributed by atoms with E-state index in [0.29, 0.717) is 29.0 Å². The Morgan fingerprint density at radius 1 is 0.941 bits per heavy atom. The van der Waals surface area contributed by atoms with Gasteiger partial charge in [-0.05, 0) is 67.9 Å². The highest BCUT2D eigenvalue weighted by molar-refractivity contribution is 5.99. The molecule has 1 aromatic carbocycles.